The van der Waals surface area contributed by atoms with E-state index >= 15 is 0 Å². The molecule has 1 rings (SSSR count). The second-order valence-corrected chi connectivity index (χ2v) is 5.85. The third-order valence-electron chi connectivity index (χ3n) is 3.63. The van der Waals surface area contributed by atoms with Crippen LogP contribution < -0.4 is 10.6 Å². The number of hydrogen-bond acceptors (Lipinski definition) is 4. The Morgan fingerprint density at radius 3 is 2.41 bits per heavy atom. The molecule has 1 aromatic carbocycles. The SMILES string of the molecule is CCNC(=NCCCOCCOC)NCCCOCCc1ccccc1.I. The zero-order chi connectivity index (χ0) is 18.7. The van der Waals surface area contributed by atoms with E-state index in [4.69, 9.17) is 14.2 Å². The van der Waals surface area contributed by atoms with Crippen molar-refractivity contribution in [2.75, 3.05) is 59.8 Å². The smallest absolute Gasteiger partial charge is 0.191 e. The molecule has 0 aromatic heterocycles. The molecule has 0 saturated carbocycles. The van der Waals surface area contributed by atoms with Gasteiger partial charge < -0.3 is 24.8 Å². The van der Waals surface area contributed by atoms with Crippen molar-refractivity contribution in [3.05, 3.63) is 35.9 Å². The molecule has 0 heterocycles. The van der Waals surface area contributed by atoms with E-state index < -0.39 is 0 Å². The second-order valence-electron chi connectivity index (χ2n) is 5.85. The molecule has 156 valence electrons. The predicted molar refractivity (Wildman–Crippen MR) is 122 cm³/mol. The van der Waals surface area contributed by atoms with E-state index in [9.17, 15) is 0 Å². The van der Waals surface area contributed by atoms with E-state index in [0.29, 0.717) is 19.8 Å². The number of ether oxygens (including phenoxy) is 3. The van der Waals surface area contributed by atoms with Crippen LogP contribution in [-0.2, 0) is 20.6 Å². The van der Waals surface area contributed by atoms with Gasteiger partial charge in [-0.05, 0) is 31.7 Å². The highest BCUT2D eigenvalue weighted by molar-refractivity contribution is 14.0. The van der Waals surface area contributed by atoms with Crippen LogP contribution in [0.4, 0.5) is 0 Å². The van der Waals surface area contributed by atoms with Crippen LogP contribution in [-0.4, -0.2) is 65.7 Å². The molecule has 0 unspecified atom stereocenters. The standard InChI is InChI=1S/C20H35N3O3.HI/c1-3-21-20(23-13-8-15-26-18-17-24-2)22-12-7-14-25-16-11-19-9-5-4-6-10-19;/h4-6,9-10H,3,7-8,11-18H2,1-2H3,(H2,21,22,23);1H. The first-order chi connectivity index (χ1) is 12.9. The van der Waals surface area contributed by atoms with E-state index in [1.54, 1.807) is 7.11 Å². The fourth-order valence-corrected chi connectivity index (χ4v) is 2.26. The average molecular weight is 493 g/mol. The molecule has 7 heteroatoms. The van der Waals surface area contributed by atoms with Gasteiger partial charge in [-0.3, -0.25) is 4.99 Å². The molecule has 0 aliphatic rings. The van der Waals surface area contributed by atoms with Crippen LogP contribution in [0.3, 0.4) is 0 Å². The number of aliphatic imine (C=N–C) groups is 1. The van der Waals surface area contributed by atoms with Crippen molar-refractivity contribution >= 4 is 29.9 Å². The molecule has 0 bridgehead atoms. The van der Waals surface area contributed by atoms with Crippen molar-refractivity contribution in [1.82, 2.24) is 10.6 Å². The van der Waals surface area contributed by atoms with Gasteiger partial charge in [0.15, 0.2) is 5.96 Å². The van der Waals surface area contributed by atoms with Gasteiger partial charge in [-0.25, -0.2) is 0 Å². The van der Waals surface area contributed by atoms with Gasteiger partial charge in [-0.1, -0.05) is 30.3 Å². The van der Waals surface area contributed by atoms with Gasteiger partial charge in [0.25, 0.3) is 0 Å². The lowest BCUT2D eigenvalue weighted by molar-refractivity contribution is 0.0702. The molecule has 0 aliphatic heterocycles. The molecule has 0 radical (unpaired) electrons. The van der Waals surface area contributed by atoms with Crippen LogP contribution in [0.2, 0.25) is 0 Å². The van der Waals surface area contributed by atoms with E-state index in [1.165, 1.54) is 5.56 Å². The average Bonchev–Trinajstić information content (AvgIpc) is 2.67. The van der Waals surface area contributed by atoms with Crippen molar-refractivity contribution in [1.29, 1.82) is 0 Å². The highest BCUT2D eigenvalue weighted by Gasteiger charge is 1.97. The van der Waals surface area contributed by atoms with Crippen LogP contribution in [0.1, 0.15) is 25.3 Å². The van der Waals surface area contributed by atoms with Gasteiger partial charge >= 0.3 is 0 Å². The van der Waals surface area contributed by atoms with E-state index in [-0.39, 0.29) is 24.0 Å². The monoisotopic (exact) mass is 493 g/mol. The number of guanidine groups is 1. The van der Waals surface area contributed by atoms with Crippen LogP contribution in [0.25, 0.3) is 0 Å². The lowest BCUT2D eigenvalue weighted by atomic mass is 10.2. The minimum Gasteiger partial charge on any atom is -0.382 e. The minimum absolute atomic E-state index is 0. The zero-order valence-corrected chi connectivity index (χ0v) is 19.1. The van der Waals surface area contributed by atoms with Gasteiger partial charge in [-0.2, -0.15) is 0 Å². The summed E-state index contributed by atoms with van der Waals surface area (Å²) in [5, 5.41) is 6.59. The first kappa shape index (κ1) is 26.1. The number of hydrogen-bond donors (Lipinski definition) is 2. The third kappa shape index (κ3) is 15.8. The largest absolute Gasteiger partial charge is 0.382 e. The van der Waals surface area contributed by atoms with Crippen LogP contribution in [0, 0.1) is 0 Å². The predicted octanol–water partition coefficient (Wildman–Crippen LogP) is 2.86. The summed E-state index contributed by atoms with van der Waals surface area (Å²) in [6, 6.07) is 10.4. The lowest BCUT2D eigenvalue weighted by Gasteiger charge is -2.11. The van der Waals surface area contributed by atoms with Gasteiger partial charge in [0.1, 0.15) is 0 Å². The van der Waals surface area contributed by atoms with Crippen molar-refractivity contribution in [3.63, 3.8) is 0 Å². The number of nitrogens with one attached hydrogen (secondary N) is 2. The Kier molecular flexibility index (Phi) is 19.2. The lowest BCUT2D eigenvalue weighted by Crippen LogP contribution is -2.38. The van der Waals surface area contributed by atoms with Crippen LogP contribution in [0.5, 0.6) is 0 Å². The Morgan fingerprint density at radius 1 is 0.926 bits per heavy atom. The van der Waals surface area contributed by atoms with Crippen molar-refractivity contribution in [2.45, 2.75) is 26.2 Å². The van der Waals surface area contributed by atoms with Crippen LogP contribution in [0.15, 0.2) is 35.3 Å². The van der Waals surface area contributed by atoms with E-state index in [2.05, 4.69) is 46.8 Å². The first-order valence-electron chi connectivity index (χ1n) is 9.57. The summed E-state index contributed by atoms with van der Waals surface area (Å²) in [7, 11) is 1.68. The van der Waals surface area contributed by atoms with Gasteiger partial charge in [0.2, 0.25) is 0 Å². The zero-order valence-electron chi connectivity index (χ0n) is 16.7. The van der Waals surface area contributed by atoms with Gasteiger partial charge in [-0.15, -0.1) is 24.0 Å². The van der Waals surface area contributed by atoms with Crippen molar-refractivity contribution < 1.29 is 14.2 Å². The highest BCUT2D eigenvalue weighted by Crippen LogP contribution is 1.99. The molecule has 6 nitrogen and oxygen atoms in total. The third-order valence-corrected chi connectivity index (χ3v) is 3.63. The highest BCUT2D eigenvalue weighted by atomic mass is 127. The molecule has 1 aromatic rings. The molecule has 27 heavy (non-hydrogen) atoms. The van der Waals surface area contributed by atoms with Crippen LogP contribution >= 0.6 is 24.0 Å². The maximum Gasteiger partial charge on any atom is 0.191 e. The summed E-state index contributed by atoms with van der Waals surface area (Å²) in [6.07, 6.45) is 2.83. The molecule has 0 atom stereocenters. The summed E-state index contributed by atoms with van der Waals surface area (Å²) in [6.45, 7) is 8.03. The number of halogens is 1. The molecular formula is C20H36IN3O3. The quantitative estimate of drug-likeness (QED) is 0.170. The summed E-state index contributed by atoms with van der Waals surface area (Å²) < 4.78 is 16.1. The molecular weight excluding hydrogens is 457 g/mol. The van der Waals surface area contributed by atoms with E-state index in [0.717, 1.165) is 58.1 Å². The van der Waals surface area contributed by atoms with Gasteiger partial charge in [0, 0.05) is 40.0 Å². The number of nitrogens with zero attached hydrogens (tertiary/aromatic N) is 1. The first-order valence-corrected chi connectivity index (χ1v) is 9.57. The van der Waals surface area contributed by atoms with Crippen molar-refractivity contribution in [2.24, 2.45) is 4.99 Å². The number of benzene rings is 1. The Balaban J connectivity index is 0.00000676. The Bertz CT molecular complexity index is 461. The normalized spacial score (nSPS) is 11.1. The molecule has 0 saturated heterocycles. The van der Waals surface area contributed by atoms with E-state index in [1.807, 2.05) is 6.07 Å². The van der Waals surface area contributed by atoms with Gasteiger partial charge in [0.05, 0.1) is 19.8 Å². The second kappa shape index (κ2) is 19.9. The maximum atomic E-state index is 5.70. The van der Waals surface area contributed by atoms with Crippen molar-refractivity contribution in [3.8, 4) is 0 Å². The summed E-state index contributed by atoms with van der Waals surface area (Å²) in [4.78, 5) is 4.55. The summed E-state index contributed by atoms with van der Waals surface area (Å²) in [5.74, 6) is 0.855. The molecule has 2 N–H and O–H groups in total. The number of rotatable bonds is 15. The Morgan fingerprint density at radius 2 is 1.67 bits per heavy atom. The topological polar surface area (TPSA) is 64.1 Å². The fraction of sp³-hybridized carbons (Fsp3) is 0.650. The maximum absolute atomic E-state index is 5.70. The Labute approximate surface area is 181 Å². The molecule has 0 fully saturated rings. The molecule has 0 aliphatic carbocycles. The summed E-state index contributed by atoms with van der Waals surface area (Å²) >= 11 is 0. The number of methoxy groups -OCH3 is 1. The summed E-state index contributed by atoms with van der Waals surface area (Å²) in [5.41, 5.74) is 1.32. The fourth-order valence-electron chi connectivity index (χ4n) is 2.26. The molecule has 0 amide bonds. The molecule has 0 spiro atoms. The Hall–Kier alpha value is -0.900. The minimum atomic E-state index is 0.